The lowest BCUT2D eigenvalue weighted by Gasteiger charge is -2.33. The highest BCUT2D eigenvalue weighted by atomic mass is 16.7. The summed E-state index contributed by atoms with van der Waals surface area (Å²) in [6, 6.07) is 0. The van der Waals surface area contributed by atoms with Crippen LogP contribution in [0.1, 0.15) is 0 Å². The third-order valence-corrected chi connectivity index (χ3v) is 1.69. The van der Waals surface area contributed by atoms with Crippen LogP contribution < -0.4 is 0 Å². The standard InChI is InChI=1S/C6H12O5/c1-10-6-5(9)4(8)3(7)2-11-6/h3-9H,2H2,1H3/t3-,4+,5+,6+/m1/s1. The molecule has 4 atom stereocenters. The molecule has 1 rings (SSSR count). The van der Waals surface area contributed by atoms with Crippen LogP contribution in [-0.4, -0.2) is 53.6 Å². The Morgan fingerprint density at radius 3 is 2.45 bits per heavy atom. The maximum absolute atomic E-state index is 9.15. The fourth-order valence-corrected chi connectivity index (χ4v) is 0.987. The summed E-state index contributed by atoms with van der Waals surface area (Å²) in [4.78, 5) is 0. The van der Waals surface area contributed by atoms with Crippen LogP contribution >= 0.6 is 0 Å². The van der Waals surface area contributed by atoms with Gasteiger partial charge in [0.25, 0.3) is 0 Å². The number of aliphatic hydroxyl groups excluding tert-OH is 3. The van der Waals surface area contributed by atoms with Gasteiger partial charge in [-0.3, -0.25) is 0 Å². The van der Waals surface area contributed by atoms with E-state index in [1.165, 1.54) is 7.11 Å². The van der Waals surface area contributed by atoms with Crippen molar-refractivity contribution in [1.82, 2.24) is 0 Å². The molecule has 1 aliphatic rings. The fourth-order valence-electron chi connectivity index (χ4n) is 0.987. The Kier molecular flexibility index (Phi) is 2.80. The summed E-state index contributed by atoms with van der Waals surface area (Å²) >= 11 is 0. The molecule has 5 nitrogen and oxygen atoms in total. The molecule has 1 fully saturated rings. The van der Waals surface area contributed by atoms with Crippen molar-refractivity contribution in [3.05, 3.63) is 0 Å². The Morgan fingerprint density at radius 1 is 1.27 bits per heavy atom. The van der Waals surface area contributed by atoms with E-state index < -0.39 is 24.6 Å². The molecular weight excluding hydrogens is 152 g/mol. The molecule has 1 aliphatic heterocycles. The average molecular weight is 164 g/mol. The number of aliphatic hydroxyl groups is 3. The van der Waals surface area contributed by atoms with Crippen molar-refractivity contribution >= 4 is 0 Å². The molecule has 0 bridgehead atoms. The highest BCUT2D eigenvalue weighted by molar-refractivity contribution is 4.81. The Balaban J connectivity index is 2.52. The van der Waals surface area contributed by atoms with Crippen molar-refractivity contribution < 1.29 is 24.8 Å². The zero-order chi connectivity index (χ0) is 8.43. The Labute approximate surface area is 64.2 Å². The predicted octanol–water partition coefficient (Wildman–Crippen LogP) is -1.93. The molecule has 0 amide bonds. The molecule has 1 heterocycles. The highest BCUT2D eigenvalue weighted by Crippen LogP contribution is 2.15. The molecule has 0 aliphatic carbocycles. The molecule has 0 aromatic carbocycles. The molecule has 11 heavy (non-hydrogen) atoms. The Morgan fingerprint density at radius 2 is 1.91 bits per heavy atom. The van der Waals surface area contributed by atoms with E-state index in [0.29, 0.717) is 0 Å². The first-order valence-corrected chi connectivity index (χ1v) is 3.35. The second-order valence-corrected chi connectivity index (χ2v) is 2.49. The van der Waals surface area contributed by atoms with E-state index in [4.69, 9.17) is 20.1 Å². The van der Waals surface area contributed by atoms with Gasteiger partial charge < -0.3 is 24.8 Å². The lowest BCUT2D eigenvalue weighted by atomic mass is 10.1. The second kappa shape index (κ2) is 3.46. The molecule has 0 aromatic rings. The first-order valence-electron chi connectivity index (χ1n) is 3.35. The summed E-state index contributed by atoms with van der Waals surface area (Å²) < 4.78 is 9.52. The van der Waals surface area contributed by atoms with Gasteiger partial charge >= 0.3 is 0 Å². The number of hydrogen-bond acceptors (Lipinski definition) is 5. The largest absolute Gasteiger partial charge is 0.388 e. The third-order valence-electron chi connectivity index (χ3n) is 1.69. The molecule has 1 saturated heterocycles. The third kappa shape index (κ3) is 1.69. The minimum Gasteiger partial charge on any atom is -0.388 e. The number of hydrogen-bond donors (Lipinski definition) is 3. The molecular formula is C6H12O5. The van der Waals surface area contributed by atoms with Crippen LogP contribution in [0.25, 0.3) is 0 Å². The monoisotopic (exact) mass is 164 g/mol. The van der Waals surface area contributed by atoms with Crippen molar-refractivity contribution in [2.45, 2.75) is 24.6 Å². The van der Waals surface area contributed by atoms with Crippen LogP contribution in [-0.2, 0) is 9.47 Å². The van der Waals surface area contributed by atoms with Gasteiger partial charge in [0.05, 0.1) is 6.61 Å². The van der Waals surface area contributed by atoms with Crippen LogP contribution in [0, 0.1) is 0 Å². The van der Waals surface area contributed by atoms with Gasteiger partial charge in [0.15, 0.2) is 6.29 Å². The number of ether oxygens (including phenoxy) is 2. The predicted molar refractivity (Wildman–Crippen MR) is 34.8 cm³/mol. The van der Waals surface area contributed by atoms with Gasteiger partial charge in [-0.15, -0.1) is 0 Å². The van der Waals surface area contributed by atoms with Crippen LogP contribution in [0.2, 0.25) is 0 Å². The summed E-state index contributed by atoms with van der Waals surface area (Å²) in [5.74, 6) is 0. The van der Waals surface area contributed by atoms with E-state index >= 15 is 0 Å². The van der Waals surface area contributed by atoms with Crippen molar-refractivity contribution in [3.8, 4) is 0 Å². The first kappa shape index (κ1) is 8.89. The van der Waals surface area contributed by atoms with Crippen LogP contribution in [0.4, 0.5) is 0 Å². The average Bonchev–Trinajstić information content (AvgIpc) is 2.01. The maximum atomic E-state index is 9.15. The van der Waals surface area contributed by atoms with E-state index in [1.54, 1.807) is 0 Å². The summed E-state index contributed by atoms with van der Waals surface area (Å²) in [5.41, 5.74) is 0. The molecule has 5 heteroatoms. The van der Waals surface area contributed by atoms with Crippen molar-refractivity contribution in [1.29, 1.82) is 0 Å². The molecule has 0 saturated carbocycles. The topological polar surface area (TPSA) is 79.2 Å². The van der Waals surface area contributed by atoms with Crippen molar-refractivity contribution in [3.63, 3.8) is 0 Å². The molecule has 66 valence electrons. The second-order valence-electron chi connectivity index (χ2n) is 2.49. The zero-order valence-electron chi connectivity index (χ0n) is 6.17. The van der Waals surface area contributed by atoms with Gasteiger partial charge in [-0.25, -0.2) is 0 Å². The van der Waals surface area contributed by atoms with Gasteiger partial charge in [-0.05, 0) is 0 Å². The van der Waals surface area contributed by atoms with E-state index in [1.807, 2.05) is 0 Å². The quantitative estimate of drug-likeness (QED) is 0.420. The molecule has 0 radical (unpaired) electrons. The summed E-state index contributed by atoms with van der Waals surface area (Å²) in [6.07, 6.45) is -4.23. The maximum Gasteiger partial charge on any atom is 0.185 e. The Bertz CT molecular complexity index is 126. The van der Waals surface area contributed by atoms with Crippen LogP contribution in [0.15, 0.2) is 0 Å². The normalized spacial score (nSPS) is 45.8. The summed E-state index contributed by atoms with van der Waals surface area (Å²) in [5, 5.41) is 27.2. The highest BCUT2D eigenvalue weighted by Gasteiger charge is 2.37. The lowest BCUT2D eigenvalue weighted by molar-refractivity contribution is -0.261. The number of rotatable bonds is 1. The van der Waals surface area contributed by atoms with Gasteiger partial charge in [-0.1, -0.05) is 0 Å². The van der Waals surface area contributed by atoms with E-state index in [9.17, 15) is 0 Å². The number of methoxy groups -OCH3 is 1. The van der Waals surface area contributed by atoms with Crippen LogP contribution in [0.5, 0.6) is 0 Å². The van der Waals surface area contributed by atoms with Gasteiger partial charge in [0.2, 0.25) is 0 Å². The SMILES string of the molecule is CO[C@H]1OC[C@@H](O)[C@H](O)[C@@H]1O. The fraction of sp³-hybridized carbons (Fsp3) is 1.00. The summed E-state index contributed by atoms with van der Waals surface area (Å²) in [7, 11) is 1.36. The summed E-state index contributed by atoms with van der Waals surface area (Å²) in [6.45, 7) is -0.0171. The minimum atomic E-state index is -1.19. The van der Waals surface area contributed by atoms with Crippen molar-refractivity contribution in [2.24, 2.45) is 0 Å². The first-order chi connectivity index (χ1) is 5.16. The van der Waals surface area contributed by atoms with Gasteiger partial charge in [0.1, 0.15) is 18.3 Å². The van der Waals surface area contributed by atoms with Gasteiger partial charge in [0, 0.05) is 7.11 Å². The Hall–Kier alpha value is -0.200. The van der Waals surface area contributed by atoms with E-state index in [0.717, 1.165) is 0 Å². The molecule has 0 aromatic heterocycles. The van der Waals surface area contributed by atoms with E-state index in [2.05, 4.69) is 4.74 Å². The van der Waals surface area contributed by atoms with Crippen LogP contribution in [0.3, 0.4) is 0 Å². The lowest BCUT2D eigenvalue weighted by Crippen LogP contribution is -2.53. The zero-order valence-corrected chi connectivity index (χ0v) is 6.17. The molecule has 0 spiro atoms. The van der Waals surface area contributed by atoms with Crippen molar-refractivity contribution in [2.75, 3.05) is 13.7 Å². The minimum absolute atomic E-state index is 0.0171. The molecule has 0 unspecified atom stereocenters. The smallest absolute Gasteiger partial charge is 0.185 e. The van der Waals surface area contributed by atoms with E-state index in [-0.39, 0.29) is 6.61 Å². The van der Waals surface area contributed by atoms with Gasteiger partial charge in [-0.2, -0.15) is 0 Å². The molecule has 3 N–H and O–H groups in total.